The van der Waals surface area contributed by atoms with Crippen LogP contribution in [-0.2, 0) is 9.59 Å². The van der Waals surface area contributed by atoms with E-state index in [9.17, 15) is 9.59 Å². The maximum absolute atomic E-state index is 11.9. The van der Waals surface area contributed by atoms with Gasteiger partial charge in [0.2, 0.25) is 11.8 Å². The summed E-state index contributed by atoms with van der Waals surface area (Å²) in [6, 6.07) is 7.83. The van der Waals surface area contributed by atoms with E-state index in [2.05, 4.69) is 4.90 Å². The molecule has 1 fully saturated rings. The quantitative estimate of drug-likeness (QED) is 0.345. The van der Waals surface area contributed by atoms with Crippen LogP contribution in [0.1, 0.15) is 6.42 Å². The largest absolute Gasteiger partial charge is 0.497 e. The highest BCUT2D eigenvalue weighted by Gasteiger charge is 2.22. The third kappa shape index (κ3) is 3.85. The van der Waals surface area contributed by atoms with Gasteiger partial charge in [-0.1, -0.05) is 0 Å². The molecule has 1 aromatic carbocycles. The molecule has 0 spiro atoms. The van der Waals surface area contributed by atoms with Crippen molar-refractivity contribution in [3.63, 3.8) is 0 Å². The van der Waals surface area contributed by atoms with Gasteiger partial charge in [0.05, 0.1) is 7.11 Å². The zero-order valence-electron chi connectivity index (χ0n) is 12.0. The number of hydrazine groups is 1. The van der Waals surface area contributed by atoms with Gasteiger partial charge >= 0.3 is 0 Å². The van der Waals surface area contributed by atoms with E-state index in [0.717, 1.165) is 24.5 Å². The second-order valence-electron chi connectivity index (χ2n) is 4.81. The average molecular weight is 292 g/mol. The number of ether oxygens (including phenoxy) is 1. The Morgan fingerprint density at radius 3 is 2.33 bits per heavy atom. The number of anilines is 1. The Kier molecular flexibility index (Phi) is 4.99. The highest BCUT2D eigenvalue weighted by atomic mass is 16.5. The molecule has 114 valence electrons. The lowest BCUT2D eigenvalue weighted by atomic mass is 10.2. The standard InChI is InChI=1S/C14H20N4O3/c1-21-12-4-2-11(3-5-12)17-6-8-18(9-7-17)14(20)10-13(19)16-15/h2-5H,6-10,15H2,1H3,(H,16,19). The van der Waals surface area contributed by atoms with E-state index in [1.165, 1.54) is 0 Å². The minimum absolute atomic E-state index is 0.188. The fourth-order valence-electron chi connectivity index (χ4n) is 2.31. The van der Waals surface area contributed by atoms with Gasteiger partial charge in [-0.3, -0.25) is 15.0 Å². The summed E-state index contributed by atoms with van der Waals surface area (Å²) in [6.07, 6.45) is -0.195. The van der Waals surface area contributed by atoms with E-state index < -0.39 is 5.91 Å². The van der Waals surface area contributed by atoms with Crippen LogP contribution in [0.5, 0.6) is 5.75 Å². The second kappa shape index (κ2) is 6.94. The van der Waals surface area contributed by atoms with Crippen molar-refractivity contribution in [3.8, 4) is 5.75 Å². The summed E-state index contributed by atoms with van der Waals surface area (Å²) in [5.41, 5.74) is 3.07. The molecule has 2 amide bonds. The lowest BCUT2D eigenvalue weighted by Crippen LogP contribution is -2.49. The molecule has 1 aliphatic heterocycles. The van der Waals surface area contributed by atoms with Crippen molar-refractivity contribution < 1.29 is 14.3 Å². The van der Waals surface area contributed by atoms with Crippen LogP contribution >= 0.6 is 0 Å². The molecule has 0 saturated carbocycles. The fraction of sp³-hybridized carbons (Fsp3) is 0.429. The Hall–Kier alpha value is -2.28. The van der Waals surface area contributed by atoms with Gasteiger partial charge in [0, 0.05) is 31.9 Å². The molecule has 0 aliphatic carbocycles. The van der Waals surface area contributed by atoms with Gasteiger partial charge in [-0.05, 0) is 24.3 Å². The van der Waals surface area contributed by atoms with E-state index in [-0.39, 0.29) is 12.3 Å². The van der Waals surface area contributed by atoms with E-state index in [0.29, 0.717) is 13.1 Å². The third-order valence-corrected chi connectivity index (χ3v) is 3.54. The van der Waals surface area contributed by atoms with Crippen LogP contribution < -0.4 is 20.9 Å². The molecule has 0 unspecified atom stereocenters. The van der Waals surface area contributed by atoms with Crippen molar-refractivity contribution in [2.75, 3.05) is 38.2 Å². The molecule has 0 bridgehead atoms. The average Bonchev–Trinajstić information content (AvgIpc) is 2.55. The predicted octanol–water partition coefficient (Wildman–Crippen LogP) is -0.276. The van der Waals surface area contributed by atoms with Crippen LogP contribution in [0.4, 0.5) is 5.69 Å². The number of nitrogens with zero attached hydrogens (tertiary/aromatic N) is 2. The molecule has 1 aliphatic rings. The number of methoxy groups -OCH3 is 1. The first-order valence-corrected chi connectivity index (χ1v) is 6.80. The monoisotopic (exact) mass is 292 g/mol. The molecule has 21 heavy (non-hydrogen) atoms. The number of rotatable bonds is 4. The number of nitrogens with one attached hydrogen (secondary N) is 1. The summed E-state index contributed by atoms with van der Waals surface area (Å²) < 4.78 is 5.13. The molecule has 2 rings (SSSR count). The normalized spacial score (nSPS) is 14.8. The highest BCUT2D eigenvalue weighted by molar-refractivity contribution is 5.96. The first kappa shape index (κ1) is 15.1. The summed E-state index contributed by atoms with van der Waals surface area (Å²) in [5, 5.41) is 0. The Morgan fingerprint density at radius 1 is 1.19 bits per heavy atom. The minimum atomic E-state index is -0.461. The van der Waals surface area contributed by atoms with Crippen molar-refractivity contribution in [3.05, 3.63) is 24.3 Å². The van der Waals surface area contributed by atoms with Gasteiger partial charge in [0.1, 0.15) is 12.2 Å². The van der Waals surface area contributed by atoms with Crippen molar-refractivity contribution in [1.82, 2.24) is 10.3 Å². The first-order chi connectivity index (χ1) is 10.1. The smallest absolute Gasteiger partial charge is 0.243 e. The molecule has 0 aromatic heterocycles. The SMILES string of the molecule is COc1ccc(N2CCN(C(=O)CC(=O)NN)CC2)cc1. The summed E-state index contributed by atoms with van der Waals surface area (Å²) in [5.74, 6) is 5.15. The molecule has 1 saturated heterocycles. The minimum Gasteiger partial charge on any atom is -0.497 e. The number of benzene rings is 1. The maximum Gasteiger partial charge on any atom is 0.243 e. The highest BCUT2D eigenvalue weighted by Crippen LogP contribution is 2.20. The fourth-order valence-corrected chi connectivity index (χ4v) is 2.31. The lowest BCUT2D eigenvalue weighted by Gasteiger charge is -2.36. The summed E-state index contributed by atoms with van der Waals surface area (Å²) >= 11 is 0. The Morgan fingerprint density at radius 2 is 1.81 bits per heavy atom. The number of nitrogens with two attached hydrogens (primary N) is 1. The lowest BCUT2D eigenvalue weighted by molar-refractivity contribution is -0.136. The van der Waals surface area contributed by atoms with Gasteiger partial charge in [0.15, 0.2) is 0 Å². The topological polar surface area (TPSA) is 87.9 Å². The zero-order chi connectivity index (χ0) is 15.2. The van der Waals surface area contributed by atoms with Gasteiger partial charge in [0.25, 0.3) is 0 Å². The summed E-state index contributed by atoms with van der Waals surface area (Å²) in [7, 11) is 1.64. The van der Waals surface area contributed by atoms with Crippen LogP contribution in [0.2, 0.25) is 0 Å². The number of piperazine rings is 1. The van der Waals surface area contributed by atoms with E-state index in [1.54, 1.807) is 12.0 Å². The molecule has 3 N–H and O–H groups in total. The van der Waals surface area contributed by atoms with Crippen LogP contribution in [0.15, 0.2) is 24.3 Å². The number of hydrogen-bond acceptors (Lipinski definition) is 5. The van der Waals surface area contributed by atoms with Crippen molar-refractivity contribution in [2.24, 2.45) is 5.84 Å². The van der Waals surface area contributed by atoms with E-state index in [1.807, 2.05) is 29.7 Å². The van der Waals surface area contributed by atoms with Crippen molar-refractivity contribution >= 4 is 17.5 Å². The molecule has 0 radical (unpaired) electrons. The number of carbonyl (C=O) groups excluding carboxylic acids is 2. The Balaban J connectivity index is 1.87. The van der Waals surface area contributed by atoms with Gasteiger partial charge in [-0.2, -0.15) is 0 Å². The van der Waals surface area contributed by atoms with E-state index >= 15 is 0 Å². The molecular weight excluding hydrogens is 272 g/mol. The number of carbonyl (C=O) groups is 2. The van der Waals surface area contributed by atoms with Crippen LogP contribution in [0, 0.1) is 0 Å². The van der Waals surface area contributed by atoms with Crippen molar-refractivity contribution in [1.29, 1.82) is 0 Å². The van der Waals surface area contributed by atoms with E-state index in [4.69, 9.17) is 10.6 Å². The summed E-state index contributed by atoms with van der Waals surface area (Å²) in [6.45, 7) is 2.68. The Bertz CT molecular complexity index is 495. The number of hydrogen-bond donors (Lipinski definition) is 2. The summed E-state index contributed by atoms with van der Waals surface area (Å²) in [4.78, 5) is 26.9. The maximum atomic E-state index is 11.9. The van der Waals surface area contributed by atoms with Crippen molar-refractivity contribution in [2.45, 2.75) is 6.42 Å². The molecule has 0 atom stereocenters. The molecule has 7 nitrogen and oxygen atoms in total. The predicted molar refractivity (Wildman–Crippen MR) is 78.7 cm³/mol. The second-order valence-corrected chi connectivity index (χ2v) is 4.81. The van der Waals surface area contributed by atoms with Gasteiger partial charge in [-0.15, -0.1) is 0 Å². The number of amides is 2. The first-order valence-electron chi connectivity index (χ1n) is 6.80. The molecule has 1 heterocycles. The molecule has 1 aromatic rings. The third-order valence-electron chi connectivity index (χ3n) is 3.54. The zero-order valence-corrected chi connectivity index (χ0v) is 12.0. The van der Waals surface area contributed by atoms with Crippen LogP contribution in [-0.4, -0.2) is 50.0 Å². The molecule has 7 heteroatoms. The van der Waals surface area contributed by atoms with Crippen LogP contribution in [0.3, 0.4) is 0 Å². The van der Waals surface area contributed by atoms with Gasteiger partial charge in [-0.25, -0.2) is 5.84 Å². The van der Waals surface area contributed by atoms with Crippen LogP contribution in [0.25, 0.3) is 0 Å². The van der Waals surface area contributed by atoms with Gasteiger partial charge < -0.3 is 14.5 Å². The molecular formula is C14H20N4O3. The Labute approximate surface area is 123 Å².